The zero-order valence-electron chi connectivity index (χ0n) is 9.97. The first-order valence-electron chi connectivity index (χ1n) is 5.30. The lowest BCUT2D eigenvalue weighted by molar-refractivity contribution is 0.0601. The van der Waals surface area contributed by atoms with Crippen molar-refractivity contribution in [2.45, 2.75) is 11.8 Å². The summed E-state index contributed by atoms with van der Waals surface area (Å²) in [6.07, 6.45) is 0. The molecular weight excluding hydrogens is 238 g/mol. The Morgan fingerprint density at radius 1 is 1.59 bits per heavy atom. The molecule has 3 N–H and O–H groups in total. The van der Waals surface area contributed by atoms with Gasteiger partial charge in [0, 0.05) is 17.3 Å². The third-order valence-electron chi connectivity index (χ3n) is 2.31. The number of rotatable bonds is 5. The summed E-state index contributed by atoms with van der Waals surface area (Å²) in [4.78, 5) is 12.3. The number of carbonyl (C=O) groups is 1. The van der Waals surface area contributed by atoms with Crippen molar-refractivity contribution in [2.75, 3.05) is 25.2 Å². The molecule has 1 atom stereocenters. The van der Waals surface area contributed by atoms with Gasteiger partial charge in [0.2, 0.25) is 0 Å². The van der Waals surface area contributed by atoms with Gasteiger partial charge in [0.25, 0.3) is 0 Å². The number of para-hydroxylation sites is 1. The standard InChI is InChI=1S/C12H17NO3S/c1-8(6-14)7-17-10-5-3-4-9(11(10)13)12(15)16-2/h3-5,8,14H,6-7,13H2,1-2H3. The van der Waals surface area contributed by atoms with Crippen molar-refractivity contribution >= 4 is 23.4 Å². The van der Waals surface area contributed by atoms with Crippen LogP contribution in [0.15, 0.2) is 23.1 Å². The van der Waals surface area contributed by atoms with Gasteiger partial charge in [-0.1, -0.05) is 13.0 Å². The van der Waals surface area contributed by atoms with Crippen LogP contribution in [0, 0.1) is 5.92 Å². The second kappa shape index (κ2) is 6.51. The molecule has 0 fully saturated rings. The van der Waals surface area contributed by atoms with Gasteiger partial charge >= 0.3 is 5.97 Å². The number of hydrogen-bond acceptors (Lipinski definition) is 5. The Morgan fingerprint density at radius 2 is 2.29 bits per heavy atom. The van der Waals surface area contributed by atoms with Gasteiger partial charge in [-0.2, -0.15) is 0 Å². The van der Waals surface area contributed by atoms with Gasteiger partial charge in [0.1, 0.15) is 0 Å². The minimum atomic E-state index is -0.430. The fraction of sp³-hybridized carbons (Fsp3) is 0.417. The molecule has 0 bridgehead atoms. The number of thioether (sulfide) groups is 1. The molecule has 5 heteroatoms. The predicted octanol–water partition coefficient (Wildman–Crippen LogP) is 1.78. The lowest BCUT2D eigenvalue weighted by Gasteiger charge is -2.11. The van der Waals surface area contributed by atoms with Crippen LogP contribution in [0.3, 0.4) is 0 Å². The normalized spacial score (nSPS) is 12.2. The van der Waals surface area contributed by atoms with Crippen molar-refractivity contribution in [1.29, 1.82) is 0 Å². The van der Waals surface area contributed by atoms with Crippen LogP contribution >= 0.6 is 11.8 Å². The van der Waals surface area contributed by atoms with Crippen LogP contribution < -0.4 is 5.73 Å². The van der Waals surface area contributed by atoms with Crippen molar-refractivity contribution in [1.82, 2.24) is 0 Å². The van der Waals surface area contributed by atoms with E-state index >= 15 is 0 Å². The molecule has 0 aliphatic carbocycles. The fourth-order valence-electron chi connectivity index (χ4n) is 1.24. The number of anilines is 1. The van der Waals surface area contributed by atoms with Crippen molar-refractivity contribution in [3.8, 4) is 0 Å². The molecule has 0 radical (unpaired) electrons. The quantitative estimate of drug-likeness (QED) is 0.476. The summed E-state index contributed by atoms with van der Waals surface area (Å²) in [6.45, 7) is 2.09. The van der Waals surface area contributed by atoms with Crippen LogP contribution in [0.5, 0.6) is 0 Å². The van der Waals surface area contributed by atoms with E-state index in [2.05, 4.69) is 4.74 Å². The molecule has 0 saturated carbocycles. The smallest absolute Gasteiger partial charge is 0.339 e. The van der Waals surface area contributed by atoms with Crippen LogP contribution in [0.2, 0.25) is 0 Å². The second-order valence-electron chi connectivity index (χ2n) is 3.81. The van der Waals surface area contributed by atoms with Crippen molar-refractivity contribution in [2.24, 2.45) is 5.92 Å². The third-order valence-corrected chi connectivity index (χ3v) is 3.71. The van der Waals surface area contributed by atoms with E-state index in [1.165, 1.54) is 18.9 Å². The van der Waals surface area contributed by atoms with Gasteiger partial charge in [-0.05, 0) is 18.1 Å². The topological polar surface area (TPSA) is 72.5 Å². The molecule has 1 aromatic rings. The summed E-state index contributed by atoms with van der Waals surface area (Å²) < 4.78 is 4.65. The van der Waals surface area contributed by atoms with E-state index in [-0.39, 0.29) is 12.5 Å². The van der Waals surface area contributed by atoms with Crippen LogP contribution in [0.4, 0.5) is 5.69 Å². The van der Waals surface area contributed by atoms with Gasteiger partial charge in [-0.3, -0.25) is 0 Å². The van der Waals surface area contributed by atoms with E-state index in [1.807, 2.05) is 13.0 Å². The van der Waals surface area contributed by atoms with Crippen LogP contribution in [0.1, 0.15) is 17.3 Å². The van der Waals surface area contributed by atoms with Gasteiger partial charge in [-0.25, -0.2) is 4.79 Å². The summed E-state index contributed by atoms with van der Waals surface area (Å²) in [5.41, 5.74) is 6.73. The fourth-order valence-corrected chi connectivity index (χ4v) is 2.25. The first-order valence-corrected chi connectivity index (χ1v) is 6.29. The Kier molecular flexibility index (Phi) is 5.31. The number of methoxy groups -OCH3 is 1. The van der Waals surface area contributed by atoms with Crippen LogP contribution in [-0.2, 0) is 4.74 Å². The number of nitrogens with two attached hydrogens (primary N) is 1. The van der Waals surface area contributed by atoms with E-state index in [0.29, 0.717) is 11.3 Å². The number of benzene rings is 1. The molecule has 1 unspecified atom stereocenters. The highest BCUT2D eigenvalue weighted by Crippen LogP contribution is 2.29. The molecule has 0 aliphatic rings. The summed E-state index contributed by atoms with van der Waals surface area (Å²) >= 11 is 1.53. The number of esters is 1. The number of aliphatic hydroxyl groups excluding tert-OH is 1. The van der Waals surface area contributed by atoms with Crippen molar-refractivity contribution in [3.63, 3.8) is 0 Å². The van der Waals surface area contributed by atoms with E-state index in [4.69, 9.17) is 10.8 Å². The second-order valence-corrected chi connectivity index (χ2v) is 4.87. The summed E-state index contributed by atoms with van der Waals surface area (Å²) in [6, 6.07) is 5.27. The maximum Gasteiger partial charge on any atom is 0.339 e. The van der Waals surface area contributed by atoms with Crippen molar-refractivity contribution < 1.29 is 14.6 Å². The Balaban J connectivity index is 2.83. The SMILES string of the molecule is COC(=O)c1cccc(SCC(C)CO)c1N. The minimum absolute atomic E-state index is 0.142. The summed E-state index contributed by atoms with van der Waals surface area (Å²) in [5, 5.41) is 8.94. The number of ether oxygens (including phenoxy) is 1. The van der Waals surface area contributed by atoms with Crippen molar-refractivity contribution in [3.05, 3.63) is 23.8 Å². The highest BCUT2D eigenvalue weighted by Gasteiger charge is 2.13. The minimum Gasteiger partial charge on any atom is -0.465 e. The first-order chi connectivity index (χ1) is 8.10. The van der Waals surface area contributed by atoms with Gasteiger partial charge in [0.15, 0.2) is 0 Å². The van der Waals surface area contributed by atoms with Crippen LogP contribution in [0.25, 0.3) is 0 Å². The van der Waals surface area contributed by atoms with Crippen LogP contribution in [-0.4, -0.2) is 30.5 Å². The summed E-state index contributed by atoms with van der Waals surface area (Å²) in [7, 11) is 1.33. The number of aliphatic hydroxyl groups is 1. The molecule has 0 aliphatic heterocycles. The number of nitrogen functional groups attached to an aromatic ring is 1. The van der Waals surface area contributed by atoms with E-state index in [0.717, 1.165) is 10.6 Å². The number of carbonyl (C=O) groups excluding carboxylic acids is 1. The predicted molar refractivity (Wildman–Crippen MR) is 69.2 cm³/mol. The molecule has 1 aromatic carbocycles. The lowest BCUT2D eigenvalue weighted by Crippen LogP contribution is -2.07. The van der Waals surface area contributed by atoms with E-state index in [9.17, 15) is 4.79 Å². The highest BCUT2D eigenvalue weighted by atomic mass is 32.2. The average molecular weight is 255 g/mol. The van der Waals surface area contributed by atoms with Gasteiger partial charge < -0.3 is 15.6 Å². The molecule has 1 rings (SSSR count). The Hall–Kier alpha value is -1.20. The molecule has 0 saturated heterocycles. The molecule has 0 amide bonds. The average Bonchev–Trinajstić information content (AvgIpc) is 2.36. The largest absolute Gasteiger partial charge is 0.465 e. The van der Waals surface area contributed by atoms with Gasteiger partial charge in [0.05, 0.1) is 18.4 Å². The molecule has 94 valence electrons. The van der Waals surface area contributed by atoms with Gasteiger partial charge in [-0.15, -0.1) is 11.8 Å². The molecular formula is C12H17NO3S. The maximum atomic E-state index is 11.4. The summed E-state index contributed by atoms with van der Waals surface area (Å²) in [5.74, 6) is 0.520. The Morgan fingerprint density at radius 3 is 2.88 bits per heavy atom. The monoisotopic (exact) mass is 255 g/mol. The zero-order valence-corrected chi connectivity index (χ0v) is 10.8. The zero-order chi connectivity index (χ0) is 12.8. The highest BCUT2D eigenvalue weighted by molar-refractivity contribution is 7.99. The van der Waals surface area contributed by atoms with E-state index < -0.39 is 5.97 Å². The molecule has 0 spiro atoms. The van der Waals surface area contributed by atoms with E-state index in [1.54, 1.807) is 12.1 Å². The lowest BCUT2D eigenvalue weighted by atomic mass is 10.2. The maximum absolute atomic E-state index is 11.4. The molecule has 17 heavy (non-hydrogen) atoms. The molecule has 0 heterocycles. The first kappa shape index (κ1) is 13.9. The Bertz CT molecular complexity index is 395. The molecule has 0 aromatic heterocycles. The number of hydrogen-bond donors (Lipinski definition) is 2. The molecule has 4 nitrogen and oxygen atoms in total. The third kappa shape index (κ3) is 3.64. The Labute approximate surface area is 105 Å².